The largest absolute Gasteiger partial charge is 0.497 e. The van der Waals surface area contributed by atoms with Gasteiger partial charge in [-0.05, 0) is 30.3 Å². The van der Waals surface area contributed by atoms with Gasteiger partial charge in [0.15, 0.2) is 11.6 Å². The highest BCUT2D eigenvalue weighted by atomic mass is 16.5. The van der Waals surface area contributed by atoms with E-state index in [1.54, 1.807) is 36.5 Å². The average molecular weight is 401 g/mol. The second-order valence-corrected chi connectivity index (χ2v) is 7.03. The van der Waals surface area contributed by atoms with Gasteiger partial charge in [-0.3, -0.25) is 4.79 Å². The minimum absolute atomic E-state index is 0.00484. The normalized spacial score (nSPS) is 15.6. The van der Waals surface area contributed by atoms with E-state index in [2.05, 4.69) is 20.4 Å². The standard InChI is InChI=1S/C22H19N5O3/c1-29-16-6-2-5-15(13-16)25-21-20-17(27(26-21)22-23-8-4-9-24-22)11-14(12-18(20)28)19-7-3-10-30-19/h2-10,13-14H,11-12H2,1H3,(H,25,26). The first kappa shape index (κ1) is 18.1. The molecule has 5 rings (SSSR count). The van der Waals surface area contributed by atoms with Crippen LogP contribution in [0.15, 0.2) is 65.5 Å². The lowest BCUT2D eigenvalue weighted by atomic mass is 9.85. The van der Waals surface area contributed by atoms with Crippen LogP contribution in [0.2, 0.25) is 0 Å². The number of methoxy groups -OCH3 is 1. The first-order chi connectivity index (χ1) is 14.7. The van der Waals surface area contributed by atoms with Crippen LogP contribution in [0.25, 0.3) is 5.95 Å². The van der Waals surface area contributed by atoms with Crippen molar-refractivity contribution in [2.75, 3.05) is 12.4 Å². The summed E-state index contributed by atoms with van der Waals surface area (Å²) in [5, 5.41) is 7.93. The average Bonchev–Trinajstić information content (AvgIpc) is 3.43. The molecule has 0 saturated heterocycles. The van der Waals surface area contributed by atoms with E-state index in [0.29, 0.717) is 35.9 Å². The lowest BCUT2D eigenvalue weighted by molar-refractivity contribution is 0.0960. The van der Waals surface area contributed by atoms with Gasteiger partial charge in [0, 0.05) is 42.9 Å². The van der Waals surface area contributed by atoms with Crippen molar-refractivity contribution >= 4 is 17.3 Å². The van der Waals surface area contributed by atoms with E-state index < -0.39 is 0 Å². The maximum atomic E-state index is 13.2. The third-order valence-electron chi connectivity index (χ3n) is 5.15. The van der Waals surface area contributed by atoms with Crippen molar-refractivity contribution in [3.05, 3.63) is 78.1 Å². The predicted octanol–water partition coefficient (Wildman–Crippen LogP) is 3.92. The van der Waals surface area contributed by atoms with Crippen LogP contribution in [0.3, 0.4) is 0 Å². The summed E-state index contributed by atoms with van der Waals surface area (Å²) < 4.78 is 12.5. The number of carbonyl (C=O) groups is 1. The van der Waals surface area contributed by atoms with Gasteiger partial charge < -0.3 is 14.5 Å². The SMILES string of the molecule is COc1cccc(Nc2nn(-c3ncccn3)c3c2C(=O)CC(c2ccco2)C3)c1. The van der Waals surface area contributed by atoms with Crippen molar-refractivity contribution in [2.45, 2.75) is 18.8 Å². The van der Waals surface area contributed by atoms with Crippen molar-refractivity contribution in [3.63, 3.8) is 0 Å². The molecule has 0 fully saturated rings. The van der Waals surface area contributed by atoms with E-state index in [9.17, 15) is 4.79 Å². The predicted molar refractivity (Wildman–Crippen MR) is 110 cm³/mol. The first-order valence-electron chi connectivity index (χ1n) is 9.60. The summed E-state index contributed by atoms with van der Waals surface area (Å²) in [5.41, 5.74) is 2.11. The highest BCUT2D eigenvalue weighted by Gasteiger charge is 2.35. The van der Waals surface area contributed by atoms with Crippen LogP contribution in [0.1, 0.15) is 34.2 Å². The molecule has 1 aliphatic carbocycles. The van der Waals surface area contributed by atoms with Gasteiger partial charge in [-0.2, -0.15) is 0 Å². The second kappa shape index (κ2) is 7.47. The van der Waals surface area contributed by atoms with Gasteiger partial charge >= 0.3 is 0 Å². The van der Waals surface area contributed by atoms with E-state index in [-0.39, 0.29) is 11.7 Å². The van der Waals surface area contributed by atoms with E-state index >= 15 is 0 Å². The quantitative estimate of drug-likeness (QED) is 0.541. The molecule has 0 aliphatic heterocycles. The summed E-state index contributed by atoms with van der Waals surface area (Å²) in [6, 6.07) is 13.0. The first-order valence-corrected chi connectivity index (χ1v) is 9.60. The molecule has 1 aliphatic rings. The Balaban J connectivity index is 1.60. The van der Waals surface area contributed by atoms with Gasteiger partial charge in [0.25, 0.3) is 5.95 Å². The molecule has 0 bridgehead atoms. The minimum atomic E-state index is -0.0520. The Labute approximate surface area is 172 Å². The zero-order valence-electron chi connectivity index (χ0n) is 16.3. The number of ether oxygens (including phenoxy) is 1. The molecule has 150 valence electrons. The lowest BCUT2D eigenvalue weighted by Crippen LogP contribution is -2.21. The maximum absolute atomic E-state index is 13.2. The fourth-order valence-electron chi connectivity index (χ4n) is 3.78. The van der Waals surface area contributed by atoms with Crippen molar-refractivity contribution in [1.82, 2.24) is 19.7 Å². The molecule has 4 aromatic rings. The molecule has 0 radical (unpaired) electrons. The number of carbonyl (C=O) groups excluding carboxylic acids is 1. The second-order valence-electron chi connectivity index (χ2n) is 7.03. The van der Waals surface area contributed by atoms with Crippen molar-refractivity contribution in [2.24, 2.45) is 0 Å². The highest BCUT2D eigenvalue weighted by molar-refractivity contribution is 6.03. The molecule has 30 heavy (non-hydrogen) atoms. The number of aromatic nitrogens is 4. The number of benzene rings is 1. The van der Waals surface area contributed by atoms with Crippen LogP contribution < -0.4 is 10.1 Å². The molecule has 8 nitrogen and oxygen atoms in total. The zero-order chi connectivity index (χ0) is 20.5. The van der Waals surface area contributed by atoms with Crippen LogP contribution >= 0.6 is 0 Å². The van der Waals surface area contributed by atoms with Gasteiger partial charge in [0.1, 0.15) is 11.5 Å². The monoisotopic (exact) mass is 401 g/mol. The van der Waals surface area contributed by atoms with E-state index in [4.69, 9.17) is 9.15 Å². The summed E-state index contributed by atoms with van der Waals surface area (Å²) in [6.07, 6.45) is 5.89. The van der Waals surface area contributed by atoms with E-state index in [0.717, 1.165) is 17.1 Å². The van der Waals surface area contributed by atoms with Crippen LogP contribution in [-0.2, 0) is 6.42 Å². The number of anilines is 2. The zero-order valence-corrected chi connectivity index (χ0v) is 16.3. The number of furan rings is 1. The van der Waals surface area contributed by atoms with Gasteiger partial charge in [-0.15, -0.1) is 5.10 Å². The molecule has 0 saturated carbocycles. The molecule has 1 unspecified atom stereocenters. The number of nitrogens with one attached hydrogen (secondary N) is 1. The van der Waals surface area contributed by atoms with Gasteiger partial charge in [-0.1, -0.05) is 6.07 Å². The summed E-state index contributed by atoms with van der Waals surface area (Å²) >= 11 is 0. The van der Waals surface area contributed by atoms with Crippen molar-refractivity contribution in [3.8, 4) is 11.7 Å². The molecule has 0 spiro atoms. The Morgan fingerprint density at radius 3 is 2.77 bits per heavy atom. The fourth-order valence-corrected chi connectivity index (χ4v) is 3.78. The number of ketones is 1. The van der Waals surface area contributed by atoms with E-state index in [1.165, 1.54) is 0 Å². The summed E-state index contributed by atoms with van der Waals surface area (Å²) in [7, 11) is 1.61. The Morgan fingerprint density at radius 1 is 1.13 bits per heavy atom. The number of fused-ring (bicyclic) bond motifs is 1. The van der Waals surface area contributed by atoms with Crippen LogP contribution in [0.5, 0.6) is 5.75 Å². The van der Waals surface area contributed by atoms with E-state index in [1.807, 2.05) is 36.4 Å². The minimum Gasteiger partial charge on any atom is -0.497 e. The molecule has 1 aromatic carbocycles. The molecular formula is C22H19N5O3. The number of nitrogens with zero attached hydrogens (tertiary/aromatic N) is 4. The molecular weight excluding hydrogens is 382 g/mol. The summed E-state index contributed by atoms with van der Waals surface area (Å²) in [5.74, 6) is 2.35. The van der Waals surface area contributed by atoms with Crippen LogP contribution in [0, 0.1) is 0 Å². The molecule has 3 aromatic heterocycles. The Hall–Kier alpha value is -3.94. The summed E-state index contributed by atoms with van der Waals surface area (Å²) in [6.45, 7) is 0. The van der Waals surface area contributed by atoms with Gasteiger partial charge in [0.05, 0.1) is 24.6 Å². The fraction of sp³-hybridized carbons (Fsp3) is 0.182. The van der Waals surface area contributed by atoms with Gasteiger partial charge in [-0.25, -0.2) is 14.6 Å². The number of hydrogen-bond donors (Lipinski definition) is 1. The van der Waals surface area contributed by atoms with Crippen LogP contribution in [0.4, 0.5) is 11.5 Å². The Bertz CT molecular complexity index is 1180. The number of Topliss-reactive ketones (excluding diaryl/α,β-unsaturated/α-hetero) is 1. The highest BCUT2D eigenvalue weighted by Crippen LogP contribution is 2.37. The number of rotatable bonds is 5. The molecule has 8 heteroatoms. The molecule has 1 atom stereocenters. The third-order valence-corrected chi connectivity index (χ3v) is 5.15. The molecule has 3 heterocycles. The topological polar surface area (TPSA) is 95.1 Å². The molecule has 1 N–H and O–H groups in total. The smallest absolute Gasteiger partial charge is 0.250 e. The van der Waals surface area contributed by atoms with Crippen molar-refractivity contribution in [1.29, 1.82) is 0 Å². The summed E-state index contributed by atoms with van der Waals surface area (Å²) in [4.78, 5) is 21.8. The van der Waals surface area contributed by atoms with Gasteiger partial charge in [0.2, 0.25) is 0 Å². The Kier molecular flexibility index (Phi) is 4.51. The van der Waals surface area contributed by atoms with Crippen molar-refractivity contribution < 1.29 is 13.9 Å². The maximum Gasteiger partial charge on any atom is 0.250 e. The molecule has 0 amide bonds. The lowest BCUT2D eigenvalue weighted by Gasteiger charge is -2.20. The third kappa shape index (κ3) is 3.22. The Morgan fingerprint density at radius 2 is 2.00 bits per heavy atom. The van der Waals surface area contributed by atoms with Crippen LogP contribution in [-0.4, -0.2) is 32.6 Å². The number of hydrogen-bond acceptors (Lipinski definition) is 7.